The summed E-state index contributed by atoms with van der Waals surface area (Å²) in [6, 6.07) is 13.4. The molecule has 1 aromatic heterocycles. The van der Waals surface area contributed by atoms with Gasteiger partial charge < -0.3 is 4.42 Å². The highest BCUT2D eigenvalue weighted by Crippen LogP contribution is 2.39. The van der Waals surface area contributed by atoms with Gasteiger partial charge in [0.1, 0.15) is 5.76 Å². The maximum Gasteiger partial charge on any atom is 0.268 e. The van der Waals surface area contributed by atoms with Gasteiger partial charge in [-0.05, 0) is 30.5 Å². The smallest absolute Gasteiger partial charge is 0.268 e. The Bertz CT molecular complexity index is 908. The highest BCUT2D eigenvalue weighted by Gasteiger charge is 2.42. The zero-order chi connectivity index (χ0) is 22.2. The standard InChI is InChI=1S/C27H33NO3S/c29-26-24(21-14-9-8-10-15-21)25(32-20-23-18-13-19-31-23)27(30)28(26)22-16-11-6-4-2-1-3-5-7-12-17-22/h8-10,13-15,18-19,22H,1-7,11-12,16-17,20H2. The largest absolute Gasteiger partial charge is 0.468 e. The summed E-state index contributed by atoms with van der Waals surface area (Å²) in [5, 5.41) is 0. The number of amides is 2. The van der Waals surface area contributed by atoms with Crippen LogP contribution in [0.2, 0.25) is 0 Å². The molecule has 0 unspecified atom stereocenters. The summed E-state index contributed by atoms with van der Waals surface area (Å²) in [6.45, 7) is 0. The van der Waals surface area contributed by atoms with Gasteiger partial charge in [0, 0.05) is 6.04 Å². The van der Waals surface area contributed by atoms with Crippen molar-refractivity contribution < 1.29 is 14.0 Å². The number of carbonyl (C=O) groups excluding carboxylic acids is 2. The monoisotopic (exact) mass is 451 g/mol. The van der Waals surface area contributed by atoms with Crippen molar-refractivity contribution in [2.75, 3.05) is 0 Å². The van der Waals surface area contributed by atoms with E-state index in [1.807, 2.05) is 42.5 Å². The second kappa shape index (κ2) is 11.6. The lowest BCUT2D eigenvalue weighted by Gasteiger charge is -2.27. The highest BCUT2D eigenvalue weighted by atomic mass is 32.2. The molecule has 2 heterocycles. The molecule has 4 rings (SSSR count). The van der Waals surface area contributed by atoms with E-state index >= 15 is 0 Å². The molecule has 32 heavy (non-hydrogen) atoms. The average Bonchev–Trinajstić information content (AvgIpc) is 3.40. The van der Waals surface area contributed by atoms with E-state index in [4.69, 9.17) is 4.42 Å². The lowest BCUT2D eigenvalue weighted by atomic mass is 9.96. The van der Waals surface area contributed by atoms with Gasteiger partial charge in [0.2, 0.25) is 0 Å². The van der Waals surface area contributed by atoms with Gasteiger partial charge in [-0.3, -0.25) is 14.5 Å². The summed E-state index contributed by atoms with van der Waals surface area (Å²) in [4.78, 5) is 29.5. The first kappa shape index (κ1) is 22.9. The first-order valence-corrected chi connectivity index (χ1v) is 13.1. The molecule has 0 N–H and O–H groups in total. The molecule has 2 aliphatic rings. The Morgan fingerprint density at radius 3 is 2.00 bits per heavy atom. The van der Waals surface area contributed by atoms with Crippen molar-refractivity contribution in [1.29, 1.82) is 0 Å². The molecule has 0 atom stereocenters. The van der Waals surface area contributed by atoms with Crippen molar-refractivity contribution in [1.82, 2.24) is 4.90 Å². The fourth-order valence-corrected chi connectivity index (χ4v) is 5.81. The minimum absolute atomic E-state index is 0.00477. The molecule has 0 radical (unpaired) electrons. The molecule has 5 heteroatoms. The highest BCUT2D eigenvalue weighted by molar-refractivity contribution is 8.03. The van der Waals surface area contributed by atoms with Gasteiger partial charge in [-0.25, -0.2) is 0 Å². The van der Waals surface area contributed by atoms with Gasteiger partial charge in [0.25, 0.3) is 11.8 Å². The topological polar surface area (TPSA) is 50.5 Å². The summed E-state index contributed by atoms with van der Waals surface area (Å²) < 4.78 is 5.46. The average molecular weight is 452 g/mol. The lowest BCUT2D eigenvalue weighted by Crippen LogP contribution is -2.41. The van der Waals surface area contributed by atoms with E-state index in [0.29, 0.717) is 16.2 Å². The van der Waals surface area contributed by atoms with Gasteiger partial charge in [-0.2, -0.15) is 0 Å². The molecule has 0 bridgehead atoms. The Balaban J connectivity index is 1.57. The molecule has 0 spiro atoms. The molecule has 2 amide bonds. The van der Waals surface area contributed by atoms with Gasteiger partial charge >= 0.3 is 0 Å². The molecule has 1 fully saturated rings. The van der Waals surface area contributed by atoms with Crippen LogP contribution in [-0.2, 0) is 15.3 Å². The van der Waals surface area contributed by atoms with Crippen LogP contribution in [0.15, 0.2) is 58.1 Å². The molecule has 1 saturated carbocycles. The van der Waals surface area contributed by atoms with E-state index in [0.717, 1.165) is 37.0 Å². The zero-order valence-electron chi connectivity index (χ0n) is 18.8. The van der Waals surface area contributed by atoms with Crippen LogP contribution in [0, 0.1) is 0 Å². The number of imide groups is 1. The van der Waals surface area contributed by atoms with Crippen molar-refractivity contribution in [3.63, 3.8) is 0 Å². The quantitative estimate of drug-likeness (QED) is 0.461. The normalized spacial score (nSPS) is 19.8. The Labute approximate surface area is 195 Å². The van der Waals surface area contributed by atoms with Crippen molar-refractivity contribution in [3.8, 4) is 0 Å². The predicted octanol–water partition coefficient (Wildman–Crippen LogP) is 6.97. The Hall–Kier alpha value is -2.27. The summed E-state index contributed by atoms with van der Waals surface area (Å²) >= 11 is 1.42. The summed E-state index contributed by atoms with van der Waals surface area (Å²) in [7, 11) is 0. The summed E-state index contributed by atoms with van der Waals surface area (Å²) in [5.74, 6) is 1.10. The van der Waals surface area contributed by atoms with Gasteiger partial charge in [-0.1, -0.05) is 88.1 Å². The van der Waals surface area contributed by atoms with Crippen molar-refractivity contribution in [2.45, 2.75) is 82.4 Å². The molecule has 4 nitrogen and oxygen atoms in total. The minimum atomic E-state index is -0.125. The number of hydrogen-bond donors (Lipinski definition) is 0. The van der Waals surface area contributed by atoms with E-state index in [-0.39, 0.29) is 17.9 Å². The molecule has 1 aromatic carbocycles. The van der Waals surface area contributed by atoms with Crippen molar-refractivity contribution in [2.24, 2.45) is 0 Å². The molecular formula is C27H33NO3S. The van der Waals surface area contributed by atoms with E-state index in [2.05, 4.69) is 0 Å². The van der Waals surface area contributed by atoms with Crippen molar-refractivity contribution in [3.05, 3.63) is 65.0 Å². The first-order valence-electron chi connectivity index (χ1n) is 12.1. The second-order valence-corrected chi connectivity index (χ2v) is 9.82. The van der Waals surface area contributed by atoms with Crippen LogP contribution in [-0.4, -0.2) is 22.8 Å². The number of hydrogen-bond acceptors (Lipinski definition) is 4. The first-order chi connectivity index (χ1) is 15.8. The van der Waals surface area contributed by atoms with Crippen molar-refractivity contribution >= 4 is 29.1 Å². The molecular weight excluding hydrogens is 418 g/mol. The van der Waals surface area contributed by atoms with Crippen LogP contribution >= 0.6 is 11.8 Å². The van der Waals surface area contributed by atoms with Crippen LogP contribution < -0.4 is 0 Å². The van der Waals surface area contributed by atoms with Crippen LogP contribution in [0.3, 0.4) is 0 Å². The number of carbonyl (C=O) groups is 2. The summed E-state index contributed by atoms with van der Waals surface area (Å²) in [5.41, 5.74) is 1.38. The van der Waals surface area contributed by atoms with E-state index in [9.17, 15) is 9.59 Å². The second-order valence-electron chi connectivity index (χ2n) is 8.83. The SMILES string of the molecule is O=C1C(SCc2ccco2)=C(c2ccccc2)C(=O)N1C1CCCCCCCCCCC1. The summed E-state index contributed by atoms with van der Waals surface area (Å²) in [6.07, 6.45) is 14.5. The number of benzene rings is 1. The predicted molar refractivity (Wildman–Crippen MR) is 130 cm³/mol. The van der Waals surface area contributed by atoms with Gasteiger partial charge in [0.05, 0.1) is 22.5 Å². The lowest BCUT2D eigenvalue weighted by molar-refractivity contribution is -0.139. The third-order valence-corrected chi connectivity index (χ3v) is 7.61. The number of rotatable bonds is 5. The van der Waals surface area contributed by atoms with Crippen LogP contribution in [0.1, 0.15) is 82.0 Å². The fraction of sp³-hybridized carbons (Fsp3) is 0.481. The number of furan rings is 1. The zero-order valence-corrected chi connectivity index (χ0v) is 19.6. The van der Waals surface area contributed by atoms with E-state index in [1.54, 1.807) is 11.2 Å². The van der Waals surface area contributed by atoms with Gasteiger partial charge in [0.15, 0.2) is 0 Å². The van der Waals surface area contributed by atoms with Crippen LogP contribution in [0.5, 0.6) is 0 Å². The maximum absolute atomic E-state index is 13.7. The molecule has 1 aliphatic carbocycles. The molecule has 1 aliphatic heterocycles. The fourth-order valence-electron chi connectivity index (χ4n) is 4.79. The number of nitrogens with zero attached hydrogens (tertiary/aromatic N) is 1. The minimum Gasteiger partial charge on any atom is -0.468 e. The third-order valence-electron chi connectivity index (χ3n) is 6.51. The Kier molecular flexibility index (Phi) is 8.27. The van der Waals surface area contributed by atoms with Crippen LogP contribution in [0.25, 0.3) is 5.57 Å². The van der Waals surface area contributed by atoms with E-state index < -0.39 is 0 Å². The van der Waals surface area contributed by atoms with E-state index in [1.165, 1.54) is 56.7 Å². The molecule has 2 aromatic rings. The Morgan fingerprint density at radius 2 is 1.41 bits per heavy atom. The number of thioether (sulfide) groups is 1. The Morgan fingerprint density at radius 1 is 0.781 bits per heavy atom. The maximum atomic E-state index is 13.7. The van der Waals surface area contributed by atoms with Crippen LogP contribution in [0.4, 0.5) is 0 Å². The third kappa shape index (κ3) is 5.55. The van der Waals surface area contributed by atoms with Gasteiger partial charge in [-0.15, -0.1) is 11.8 Å². The molecule has 0 saturated heterocycles. The molecule has 170 valence electrons.